The van der Waals surface area contributed by atoms with E-state index in [-0.39, 0.29) is 13.0 Å². The van der Waals surface area contributed by atoms with E-state index < -0.39 is 23.7 Å². The van der Waals surface area contributed by atoms with E-state index in [2.05, 4.69) is 9.97 Å². The van der Waals surface area contributed by atoms with Crippen molar-refractivity contribution >= 4 is 34.7 Å². The minimum atomic E-state index is -1.06. The Kier molecular flexibility index (Phi) is 3.94. The molecule has 0 bridgehead atoms. The number of H-pyrrole nitrogens is 1. The van der Waals surface area contributed by atoms with Crippen molar-refractivity contribution in [3.8, 4) is 0 Å². The van der Waals surface area contributed by atoms with Gasteiger partial charge < -0.3 is 14.8 Å². The van der Waals surface area contributed by atoms with E-state index in [0.717, 1.165) is 5.69 Å². The Morgan fingerprint density at radius 1 is 1.50 bits per heavy atom. The van der Waals surface area contributed by atoms with Crippen molar-refractivity contribution in [3.05, 3.63) is 15.2 Å². The van der Waals surface area contributed by atoms with Crippen molar-refractivity contribution in [1.82, 2.24) is 14.9 Å². The lowest BCUT2D eigenvalue weighted by atomic mass is 10.0. The second-order valence-corrected chi connectivity index (χ2v) is 6.64. The molecule has 0 aliphatic carbocycles. The number of carbonyl (C=O) groups excluding carboxylic acids is 1. The van der Waals surface area contributed by atoms with Crippen LogP contribution in [0, 0.1) is 3.83 Å². The molecular formula is C12H16IN3O4. The predicted molar refractivity (Wildman–Crippen MR) is 78.2 cm³/mol. The Hall–Kier alpha value is -1.32. The fourth-order valence-electron chi connectivity index (χ4n) is 2.02. The zero-order chi connectivity index (χ0) is 15.1. The van der Waals surface area contributed by atoms with Gasteiger partial charge in [-0.05, 0) is 43.4 Å². The molecule has 0 spiro atoms. The van der Waals surface area contributed by atoms with Crippen LogP contribution >= 0.6 is 22.6 Å². The minimum Gasteiger partial charge on any atom is -0.480 e. The van der Waals surface area contributed by atoms with Gasteiger partial charge in [-0.1, -0.05) is 0 Å². The maximum atomic E-state index is 12.1. The number of imidazole rings is 1. The van der Waals surface area contributed by atoms with Gasteiger partial charge in [-0.2, -0.15) is 0 Å². The maximum Gasteiger partial charge on any atom is 0.411 e. The predicted octanol–water partition coefficient (Wildman–Crippen LogP) is 1.76. The summed E-state index contributed by atoms with van der Waals surface area (Å²) in [5, 5.41) is 9.30. The number of amides is 1. The molecule has 0 aromatic carbocycles. The summed E-state index contributed by atoms with van der Waals surface area (Å²) in [7, 11) is 0. The first-order valence-electron chi connectivity index (χ1n) is 6.13. The summed E-state index contributed by atoms with van der Waals surface area (Å²) in [6.07, 6.45) is -0.441. The Bertz CT molecular complexity index is 549. The monoisotopic (exact) mass is 393 g/mol. The van der Waals surface area contributed by atoms with Crippen molar-refractivity contribution in [2.24, 2.45) is 0 Å². The highest BCUT2D eigenvalue weighted by Crippen LogP contribution is 2.24. The number of hydrogen-bond acceptors (Lipinski definition) is 4. The molecule has 2 heterocycles. The molecule has 1 aromatic rings. The molecular weight excluding hydrogens is 377 g/mol. The Morgan fingerprint density at radius 2 is 2.15 bits per heavy atom. The molecule has 0 radical (unpaired) electrons. The van der Waals surface area contributed by atoms with Crippen LogP contribution in [-0.4, -0.2) is 43.7 Å². The van der Waals surface area contributed by atoms with Gasteiger partial charge in [0.05, 0.1) is 17.9 Å². The Labute approximate surface area is 129 Å². The van der Waals surface area contributed by atoms with Gasteiger partial charge in [-0.3, -0.25) is 4.90 Å². The van der Waals surface area contributed by atoms with E-state index in [1.165, 1.54) is 4.90 Å². The zero-order valence-electron chi connectivity index (χ0n) is 11.4. The number of nitrogens with one attached hydrogen (secondary N) is 1. The molecule has 20 heavy (non-hydrogen) atoms. The molecule has 1 atom stereocenters. The molecule has 2 rings (SSSR count). The van der Waals surface area contributed by atoms with Gasteiger partial charge in [0, 0.05) is 6.42 Å². The van der Waals surface area contributed by atoms with E-state index in [1.807, 2.05) is 22.6 Å². The summed E-state index contributed by atoms with van der Waals surface area (Å²) in [4.78, 5) is 32.0. The highest BCUT2D eigenvalue weighted by Gasteiger charge is 2.38. The number of aromatic amines is 1. The van der Waals surface area contributed by atoms with Crippen molar-refractivity contribution in [3.63, 3.8) is 0 Å². The maximum absolute atomic E-state index is 12.1. The number of carboxylic acid groups (broad SMARTS) is 1. The summed E-state index contributed by atoms with van der Waals surface area (Å²) < 4.78 is 5.95. The number of halogens is 1. The van der Waals surface area contributed by atoms with Crippen molar-refractivity contribution in [1.29, 1.82) is 0 Å². The van der Waals surface area contributed by atoms with Gasteiger partial charge in [0.25, 0.3) is 0 Å². The lowest BCUT2D eigenvalue weighted by Crippen LogP contribution is -2.50. The van der Waals surface area contributed by atoms with Crippen LogP contribution < -0.4 is 0 Å². The van der Waals surface area contributed by atoms with E-state index in [1.54, 1.807) is 20.8 Å². The highest BCUT2D eigenvalue weighted by atomic mass is 127. The molecule has 0 saturated carbocycles. The first-order chi connectivity index (χ1) is 9.17. The third kappa shape index (κ3) is 3.22. The second-order valence-electron chi connectivity index (χ2n) is 5.62. The molecule has 1 aliphatic heterocycles. The van der Waals surface area contributed by atoms with Crippen LogP contribution in [0.1, 0.15) is 32.2 Å². The number of nitrogens with zero attached hydrogens (tertiary/aromatic N) is 2. The van der Waals surface area contributed by atoms with Gasteiger partial charge in [0.2, 0.25) is 0 Å². The third-order valence-corrected chi connectivity index (χ3v) is 3.35. The van der Waals surface area contributed by atoms with Gasteiger partial charge in [0.1, 0.15) is 11.6 Å². The average molecular weight is 393 g/mol. The normalized spacial score (nSPS) is 18.6. The number of aromatic nitrogens is 2. The van der Waals surface area contributed by atoms with Crippen LogP contribution in [0.4, 0.5) is 4.79 Å². The molecule has 0 saturated heterocycles. The molecule has 1 aliphatic rings. The van der Waals surface area contributed by atoms with E-state index >= 15 is 0 Å². The van der Waals surface area contributed by atoms with Crippen LogP contribution in [0.5, 0.6) is 0 Å². The molecule has 2 N–H and O–H groups in total. The Morgan fingerprint density at radius 3 is 2.70 bits per heavy atom. The Balaban J connectivity index is 2.26. The van der Waals surface area contributed by atoms with Gasteiger partial charge >= 0.3 is 12.1 Å². The fourth-order valence-corrected chi connectivity index (χ4v) is 2.63. The fraction of sp³-hybridized carbons (Fsp3) is 0.583. The molecule has 1 aromatic heterocycles. The number of rotatable bonds is 1. The molecule has 0 fully saturated rings. The van der Waals surface area contributed by atoms with Crippen LogP contribution in [0.25, 0.3) is 0 Å². The number of carbonyl (C=O) groups is 2. The number of carboxylic acids is 1. The summed E-state index contributed by atoms with van der Waals surface area (Å²) in [5.41, 5.74) is 0.794. The minimum absolute atomic E-state index is 0.164. The molecule has 0 unspecified atom stereocenters. The van der Waals surface area contributed by atoms with Crippen LogP contribution in [0.3, 0.4) is 0 Å². The van der Waals surface area contributed by atoms with E-state index in [9.17, 15) is 14.7 Å². The summed E-state index contributed by atoms with van der Waals surface area (Å²) in [6, 6.07) is -0.948. The molecule has 1 amide bonds. The number of ether oxygens (including phenoxy) is 1. The number of fused-ring (bicyclic) bond motifs is 1. The smallest absolute Gasteiger partial charge is 0.411 e. The third-order valence-electron chi connectivity index (χ3n) is 2.84. The van der Waals surface area contributed by atoms with Crippen LogP contribution in [0.2, 0.25) is 0 Å². The quantitative estimate of drug-likeness (QED) is 0.709. The summed E-state index contributed by atoms with van der Waals surface area (Å²) >= 11 is 2.02. The lowest BCUT2D eigenvalue weighted by molar-refractivity contribution is -0.143. The zero-order valence-corrected chi connectivity index (χ0v) is 13.6. The van der Waals surface area contributed by atoms with Crippen molar-refractivity contribution < 1.29 is 19.4 Å². The molecule has 110 valence electrons. The summed E-state index contributed by atoms with van der Waals surface area (Å²) in [5.74, 6) is -1.06. The largest absolute Gasteiger partial charge is 0.480 e. The molecule has 7 nitrogen and oxygen atoms in total. The summed E-state index contributed by atoms with van der Waals surface area (Å²) in [6.45, 7) is 5.40. The number of aliphatic carboxylic acids is 1. The van der Waals surface area contributed by atoms with E-state index in [0.29, 0.717) is 9.53 Å². The first kappa shape index (κ1) is 15.1. The van der Waals surface area contributed by atoms with Crippen LogP contribution in [0.15, 0.2) is 0 Å². The topological polar surface area (TPSA) is 95.5 Å². The molecule has 8 heteroatoms. The average Bonchev–Trinajstić information content (AvgIpc) is 2.63. The standard InChI is InChI=1S/C12H16IN3O4/c1-12(2,3)20-11(19)16-5-7-6(14-10(13)15-7)4-8(16)9(17)18/h8H,4-5H2,1-3H3,(H,14,15)(H,17,18)/t8-/m0/s1. The van der Waals surface area contributed by atoms with Gasteiger partial charge in [0.15, 0.2) is 3.83 Å². The van der Waals surface area contributed by atoms with Crippen molar-refractivity contribution in [2.45, 2.75) is 45.4 Å². The second kappa shape index (κ2) is 5.23. The first-order valence-corrected chi connectivity index (χ1v) is 7.21. The number of hydrogen-bond donors (Lipinski definition) is 2. The van der Waals surface area contributed by atoms with Crippen LogP contribution in [-0.2, 0) is 22.5 Å². The van der Waals surface area contributed by atoms with Gasteiger partial charge in [-0.15, -0.1) is 0 Å². The van der Waals surface area contributed by atoms with Crippen molar-refractivity contribution in [2.75, 3.05) is 0 Å². The van der Waals surface area contributed by atoms with Gasteiger partial charge in [-0.25, -0.2) is 14.6 Å². The highest BCUT2D eigenvalue weighted by molar-refractivity contribution is 14.1. The SMILES string of the molecule is CC(C)(C)OC(=O)N1Cc2[nH]c(I)nc2C[C@H]1C(=O)O. The van der Waals surface area contributed by atoms with E-state index in [4.69, 9.17) is 4.74 Å². The lowest BCUT2D eigenvalue weighted by Gasteiger charge is -2.33.